The average molecular weight is 144 g/mol. The first-order valence-corrected chi connectivity index (χ1v) is 2.91. The maximum atomic E-state index is 10.7. The molecule has 0 aliphatic carbocycles. The highest BCUT2D eigenvalue weighted by Crippen LogP contribution is 1.96. The maximum absolute atomic E-state index is 10.7. The van der Waals surface area contributed by atoms with Crippen molar-refractivity contribution in [1.82, 2.24) is 10.4 Å². The standard InChI is InChI=1S/C5H8N2O3/c1-3-5(9)7(10)2-4(8)6-3/h3,10H,2H2,1H3,(H,6,8). The molecule has 1 rings (SSSR count). The van der Waals surface area contributed by atoms with Crippen LogP contribution in [-0.2, 0) is 9.59 Å². The molecule has 1 fully saturated rings. The molecule has 2 N–H and O–H groups in total. The van der Waals surface area contributed by atoms with Crippen molar-refractivity contribution in [2.75, 3.05) is 6.54 Å². The number of carbonyl (C=O) groups is 2. The smallest absolute Gasteiger partial charge is 0.268 e. The maximum Gasteiger partial charge on any atom is 0.268 e. The van der Waals surface area contributed by atoms with E-state index in [1.54, 1.807) is 0 Å². The summed E-state index contributed by atoms with van der Waals surface area (Å²) in [5.41, 5.74) is 0. The average Bonchev–Trinajstić information content (AvgIpc) is 1.82. The monoisotopic (exact) mass is 144 g/mol. The van der Waals surface area contributed by atoms with Crippen LogP contribution in [0.25, 0.3) is 0 Å². The lowest BCUT2D eigenvalue weighted by Crippen LogP contribution is -2.55. The second-order valence-corrected chi connectivity index (χ2v) is 2.19. The number of hydrogen-bond acceptors (Lipinski definition) is 3. The molecule has 0 radical (unpaired) electrons. The third-order valence-corrected chi connectivity index (χ3v) is 1.30. The van der Waals surface area contributed by atoms with E-state index in [1.807, 2.05) is 0 Å². The van der Waals surface area contributed by atoms with Crippen LogP contribution in [0.5, 0.6) is 0 Å². The number of piperazine rings is 1. The predicted octanol–water partition coefficient (Wildman–Crippen LogP) is -1.28. The largest absolute Gasteiger partial charge is 0.343 e. The van der Waals surface area contributed by atoms with Crippen LogP contribution in [-0.4, -0.2) is 34.7 Å². The zero-order valence-electron chi connectivity index (χ0n) is 5.50. The lowest BCUT2D eigenvalue weighted by atomic mass is 10.2. The van der Waals surface area contributed by atoms with Gasteiger partial charge >= 0.3 is 0 Å². The van der Waals surface area contributed by atoms with Crippen molar-refractivity contribution in [3.8, 4) is 0 Å². The summed E-state index contributed by atoms with van der Waals surface area (Å²) in [6.45, 7) is 1.26. The van der Waals surface area contributed by atoms with Gasteiger partial charge in [-0.25, -0.2) is 5.06 Å². The molecule has 1 unspecified atom stereocenters. The Bertz CT molecular complexity index is 164. The minimum atomic E-state index is -0.605. The van der Waals surface area contributed by atoms with E-state index in [9.17, 15) is 9.59 Å². The summed E-state index contributed by atoms with van der Waals surface area (Å²) in [6.07, 6.45) is 0. The van der Waals surface area contributed by atoms with Gasteiger partial charge in [-0.3, -0.25) is 14.8 Å². The molecule has 0 aromatic heterocycles. The summed E-state index contributed by atoms with van der Waals surface area (Å²) in [6, 6.07) is -0.605. The third kappa shape index (κ3) is 1.08. The number of carbonyl (C=O) groups excluding carboxylic acids is 2. The molecule has 0 saturated carbocycles. The fourth-order valence-corrected chi connectivity index (χ4v) is 0.786. The molecule has 5 heteroatoms. The number of hydroxylamine groups is 2. The van der Waals surface area contributed by atoms with Crippen molar-refractivity contribution < 1.29 is 14.8 Å². The summed E-state index contributed by atoms with van der Waals surface area (Å²) in [5, 5.41) is 11.5. The van der Waals surface area contributed by atoms with Gasteiger partial charge in [0, 0.05) is 0 Å². The molecule has 5 nitrogen and oxygen atoms in total. The molecular weight excluding hydrogens is 136 g/mol. The quantitative estimate of drug-likeness (QED) is 0.416. The van der Waals surface area contributed by atoms with Crippen LogP contribution in [0.3, 0.4) is 0 Å². The van der Waals surface area contributed by atoms with E-state index in [1.165, 1.54) is 6.92 Å². The first-order chi connectivity index (χ1) is 4.61. The van der Waals surface area contributed by atoms with Gasteiger partial charge < -0.3 is 5.32 Å². The Morgan fingerprint density at radius 3 is 2.80 bits per heavy atom. The van der Waals surface area contributed by atoms with Crippen molar-refractivity contribution >= 4 is 11.8 Å². The Morgan fingerprint density at radius 2 is 2.30 bits per heavy atom. The molecule has 1 saturated heterocycles. The highest BCUT2D eigenvalue weighted by atomic mass is 16.5. The second-order valence-electron chi connectivity index (χ2n) is 2.19. The van der Waals surface area contributed by atoms with E-state index in [2.05, 4.69) is 5.32 Å². The molecule has 0 aromatic rings. The molecule has 0 aromatic carbocycles. The SMILES string of the molecule is CC1NC(=O)CN(O)C1=O. The van der Waals surface area contributed by atoms with Gasteiger partial charge in [-0.05, 0) is 6.92 Å². The van der Waals surface area contributed by atoms with Crippen molar-refractivity contribution in [3.05, 3.63) is 0 Å². The minimum Gasteiger partial charge on any atom is -0.343 e. The third-order valence-electron chi connectivity index (χ3n) is 1.30. The van der Waals surface area contributed by atoms with Gasteiger partial charge in [0.15, 0.2) is 0 Å². The van der Waals surface area contributed by atoms with Crippen LogP contribution < -0.4 is 5.32 Å². The summed E-state index contributed by atoms with van der Waals surface area (Å²) in [7, 11) is 0. The van der Waals surface area contributed by atoms with Crippen LogP contribution >= 0.6 is 0 Å². The molecule has 1 aliphatic rings. The van der Waals surface area contributed by atoms with Gasteiger partial charge in [-0.15, -0.1) is 0 Å². The van der Waals surface area contributed by atoms with Gasteiger partial charge in [0.05, 0.1) is 0 Å². The molecular formula is C5H8N2O3. The van der Waals surface area contributed by atoms with Crippen LogP contribution in [0.1, 0.15) is 6.92 Å². The van der Waals surface area contributed by atoms with Crippen LogP contribution in [0.15, 0.2) is 0 Å². The first kappa shape index (κ1) is 7.01. The molecule has 10 heavy (non-hydrogen) atoms. The lowest BCUT2D eigenvalue weighted by molar-refractivity contribution is -0.176. The van der Waals surface area contributed by atoms with E-state index >= 15 is 0 Å². The second kappa shape index (κ2) is 2.26. The highest BCUT2D eigenvalue weighted by molar-refractivity contribution is 5.93. The first-order valence-electron chi connectivity index (χ1n) is 2.91. The Hall–Kier alpha value is -1.10. The van der Waals surface area contributed by atoms with Crippen LogP contribution in [0.2, 0.25) is 0 Å². The van der Waals surface area contributed by atoms with Crippen molar-refractivity contribution in [2.24, 2.45) is 0 Å². The summed E-state index contributed by atoms with van der Waals surface area (Å²) in [5.74, 6) is -0.811. The zero-order chi connectivity index (χ0) is 7.72. The van der Waals surface area contributed by atoms with E-state index in [0.717, 1.165) is 0 Å². The number of nitrogens with one attached hydrogen (secondary N) is 1. The van der Waals surface area contributed by atoms with Gasteiger partial charge in [0.2, 0.25) is 5.91 Å². The molecule has 1 heterocycles. The Labute approximate surface area is 57.6 Å². The van der Waals surface area contributed by atoms with Gasteiger partial charge in [-0.2, -0.15) is 0 Å². The fraction of sp³-hybridized carbons (Fsp3) is 0.600. The number of amides is 2. The topological polar surface area (TPSA) is 69.6 Å². The lowest BCUT2D eigenvalue weighted by Gasteiger charge is -2.25. The molecule has 1 atom stereocenters. The Balaban J connectivity index is 2.66. The zero-order valence-corrected chi connectivity index (χ0v) is 5.50. The summed E-state index contributed by atoms with van der Waals surface area (Å²) >= 11 is 0. The summed E-state index contributed by atoms with van der Waals surface area (Å²) < 4.78 is 0. The predicted molar refractivity (Wildman–Crippen MR) is 31.1 cm³/mol. The Morgan fingerprint density at radius 1 is 1.70 bits per heavy atom. The number of rotatable bonds is 0. The van der Waals surface area contributed by atoms with Crippen molar-refractivity contribution in [3.63, 3.8) is 0 Å². The van der Waals surface area contributed by atoms with Crippen LogP contribution in [0.4, 0.5) is 0 Å². The number of nitrogens with zero attached hydrogens (tertiary/aromatic N) is 1. The van der Waals surface area contributed by atoms with Gasteiger partial charge in [-0.1, -0.05) is 0 Å². The van der Waals surface area contributed by atoms with E-state index in [4.69, 9.17) is 5.21 Å². The molecule has 2 amide bonds. The van der Waals surface area contributed by atoms with E-state index in [0.29, 0.717) is 5.06 Å². The number of hydrogen-bond donors (Lipinski definition) is 2. The van der Waals surface area contributed by atoms with Crippen molar-refractivity contribution in [1.29, 1.82) is 0 Å². The fourth-order valence-electron chi connectivity index (χ4n) is 0.786. The van der Waals surface area contributed by atoms with Crippen molar-refractivity contribution in [2.45, 2.75) is 13.0 Å². The van der Waals surface area contributed by atoms with Crippen LogP contribution in [0, 0.1) is 0 Å². The molecule has 0 spiro atoms. The summed E-state index contributed by atoms with van der Waals surface area (Å²) in [4.78, 5) is 21.3. The van der Waals surface area contributed by atoms with E-state index < -0.39 is 11.9 Å². The highest BCUT2D eigenvalue weighted by Gasteiger charge is 2.27. The molecule has 56 valence electrons. The Kier molecular flexibility index (Phi) is 1.58. The molecule has 0 bridgehead atoms. The van der Waals surface area contributed by atoms with Gasteiger partial charge in [0.1, 0.15) is 12.6 Å². The normalized spacial score (nSPS) is 26.6. The molecule has 1 aliphatic heterocycles. The van der Waals surface area contributed by atoms with Gasteiger partial charge in [0.25, 0.3) is 5.91 Å². The van der Waals surface area contributed by atoms with E-state index in [-0.39, 0.29) is 12.5 Å². The minimum absolute atomic E-state index is 0.261.